The third-order valence-electron chi connectivity index (χ3n) is 4.28. The lowest BCUT2D eigenvalue weighted by molar-refractivity contribution is -0.131. The van der Waals surface area contributed by atoms with Crippen LogP contribution in [0.2, 0.25) is 0 Å². The van der Waals surface area contributed by atoms with Crippen molar-refractivity contribution < 1.29 is 13.2 Å². The molecule has 7 heteroatoms. The maximum atomic E-state index is 12.9. The molecule has 0 saturated heterocycles. The summed E-state index contributed by atoms with van der Waals surface area (Å²) in [5.41, 5.74) is 5.31. The van der Waals surface area contributed by atoms with E-state index in [0.717, 1.165) is 38.5 Å². The number of unbranched alkanes of at least 4 members (excludes halogenated alkanes) is 3. The molecule has 1 amide bonds. The number of hydrogen-bond donors (Lipinski definition) is 1. The van der Waals surface area contributed by atoms with Gasteiger partial charge >= 0.3 is 0 Å². The van der Waals surface area contributed by atoms with Crippen molar-refractivity contribution in [2.45, 2.75) is 70.8 Å². The van der Waals surface area contributed by atoms with Gasteiger partial charge in [-0.05, 0) is 25.7 Å². The molecular weight excluding hydrogens is 314 g/mol. The van der Waals surface area contributed by atoms with Gasteiger partial charge in [0, 0.05) is 18.6 Å². The van der Waals surface area contributed by atoms with Gasteiger partial charge in [0.05, 0.1) is 0 Å². The number of hydrogen-bond acceptors (Lipinski definition) is 5. The monoisotopic (exact) mass is 345 g/mol. The van der Waals surface area contributed by atoms with Gasteiger partial charge in [0.25, 0.3) is 5.91 Å². The predicted octanol–water partition coefficient (Wildman–Crippen LogP) is 2.09. The molecule has 1 aliphatic rings. The zero-order valence-corrected chi connectivity index (χ0v) is 15.5. The normalized spacial score (nSPS) is 17.6. The molecule has 0 aliphatic carbocycles. The Morgan fingerprint density at radius 2 is 1.65 bits per heavy atom. The quantitative estimate of drug-likeness (QED) is 0.580. The Kier molecular flexibility index (Phi) is 7.51. The molecular formula is C16H31N3O3S. The molecule has 6 nitrogen and oxygen atoms in total. The molecule has 0 saturated carbocycles. The summed E-state index contributed by atoms with van der Waals surface area (Å²) in [5, 5.41) is 0. The van der Waals surface area contributed by atoms with Gasteiger partial charge in [-0.15, -0.1) is 0 Å². The van der Waals surface area contributed by atoms with Crippen LogP contribution in [0.15, 0.2) is 4.99 Å². The SMILES string of the molecule is CCCCC1(CCCC)N=C(N)N(CCCCS(C)(=O)=O)C1=O. The smallest absolute Gasteiger partial charge is 0.257 e. The summed E-state index contributed by atoms with van der Waals surface area (Å²) in [7, 11) is -2.96. The summed E-state index contributed by atoms with van der Waals surface area (Å²) in [6, 6.07) is 0. The number of guanidine groups is 1. The van der Waals surface area contributed by atoms with E-state index in [-0.39, 0.29) is 11.7 Å². The molecule has 0 aromatic carbocycles. The summed E-state index contributed by atoms with van der Waals surface area (Å²) in [6.07, 6.45) is 7.80. The van der Waals surface area contributed by atoms with Crippen molar-refractivity contribution in [3.8, 4) is 0 Å². The fraction of sp³-hybridized carbons (Fsp3) is 0.875. The number of carbonyl (C=O) groups excluding carboxylic acids is 1. The lowest BCUT2D eigenvalue weighted by Crippen LogP contribution is -2.44. The van der Waals surface area contributed by atoms with E-state index < -0.39 is 15.4 Å². The minimum absolute atomic E-state index is 0.00347. The molecule has 1 aliphatic heterocycles. The molecule has 0 bridgehead atoms. The number of sulfone groups is 1. The van der Waals surface area contributed by atoms with E-state index in [1.54, 1.807) is 4.90 Å². The molecule has 0 atom stereocenters. The molecule has 0 aromatic heterocycles. The number of carbonyl (C=O) groups is 1. The highest BCUT2D eigenvalue weighted by Gasteiger charge is 2.46. The van der Waals surface area contributed by atoms with Crippen LogP contribution in [0.5, 0.6) is 0 Å². The molecule has 1 rings (SSSR count). The van der Waals surface area contributed by atoms with Crippen LogP contribution in [-0.2, 0) is 14.6 Å². The molecule has 0 unspecified atom stereocenters. The second-order valence-corrected chi connectivity index (χ2v) is 8.76. The number of nitrogens with two attached hydrogens (primary N) is 1. The van der Waals surface area contributed by atoms with Crippen molar-refractivity contribution in [1.82, 2.24) is 4.90 Å². The van der Waals surface area contributed by atoms with Crippen molar-refractivity contribution in [2.24, 2.45) is 10.7 Å². The Balaban J connectivity index is 2.69. The Morgan fingerprint density at radius 1 is 1.09 bits per heavy atom. The first-order valence-corrected chi connectivity index (χ1v) is 10.7. The van der Waals surface area contributed by atoms with Crippen molar-refractivity contribution in [3.63, 3.8) is 0 Å². The summed E-state index contributed by atoms with van der Waals surface area (Å²) in [4.78, 5) is 18.9. The molecule has 2 N–H and O–H groups in total. The fourth-order valence-corrected chi connectivity index (χ4v) is 3.65. The van der Waals surface area contributed by atoms with Crippen molar-refractivity contribution in [1.29, 1.82) is 0 Å². The van der Waals surface area contributed by atoms with Crippen LogP contribution in [0.25, 0.3) is 0 Å². The van der Waals surface area contributed by atoms with Crippen molar-refractivity contribution >= 4 is 21.7 Å². The fourth-order valence-electron chi connectivity index (χ4n) is 2.92. The number of aliphatic imine (C=N–C) groups is 1. The summed E-state index contributed by atoms with van der Waals surface area (Å²) >= 11 is 0. The first-order chi connectivity index (χ1) is 10.8. The molecule has 0 fully saturated rings. The third kappa shape index (κ3) is 5.79. The first-order valence-electron chi connectivity index (χ1n) is 8.61. The van der Waals surface area contributed by atoms with E-state index in [0.29, 0.717) is 25.3 Å². The van der Waals surface area contributed by atoms with Crippen molar-refractivity contribution in [3.05, 3.63) is 0 Å². The lowest BCUT2D eigenvalue weighted by Gasteiger charge is -2.26. The minimum atomic E-state index is -2.96. The van der Waals surface area contributed by atoms with Crippen molar-refractivity contribution in [2.75, 3.05) is 18.6 Å². The average molecular weight is 346 g/mol. The largest absolute Gasteiger partial charge is 0.369 e. The Morgan fingerprint density at radius 3 is 2.13 bits per heavy atom. The van der Waals surface area contributed by atoms with E-state index in [2.05, 4.69) is 18.8 Å². The van der Waals surface area contributed by atoms with E-state index in [4.69, 9.17) is 5.73 Å². The number of amides is 1. The van der Waals surface area contributed by atoms with E-state index >= 15 is 0 Å². The molecule has 0 radical (unpaired) electrons. The molecule has 0 aromatic rings. The number of nitrogens with zero attached hydrogens (tertiary/aromatic N) is 2. The van der Waals surface area contributed by atoms with Crippen LogP contribution in [0.1, 0.15) is 65.2 Å². The van der Waals surface area contributed by atoms with Crippen LogP contribution >= 0.6 is 0 Å². The molecule has 134 valence electrons. The highest BCUT2D eigenvalue weighted by Crippen LogP contribution is 2.32. The van der Waals surface area contributed by atoms with Gasteiger partial charge in [-0.25, -0.2) is 13.4 Å². The minimum Gasteiger partial charge on any atom is -0.369 e. The van der Waals surface area contributed by atoms with Gasteiger partial charge in [0.1, 0.15) is 15.4 Å². The zero-order chi connectivity index (χ0) is 17.5. The first kappa shape index (κ1) is 19.9. The van der Waals surface area contributed by atoms with Gasteiger partial charge in [-0.1, -0.05) is 39.5 Å². The van der Waals surface area contributed by atoms with Crippen LogP contribution in [0, 0.1) is 0 Å². The van der Waals surface area contributed by atoms with E-state index in [9.17, 15) is 13.2 Å². The summed E-state index contributed by atoms with van der Waals surface area (Å²) in [6.45, 7) is 4.65. The van der Waals surface area contributed by atoms with Crippen LogP contribution in [-0.4, -0.2) is 49.3 Å². The zero-order valence-electron chi connectivity index (χ0n) is 14.7. The predicted molar refractivity (Wildman–Crippen MR) is 94.1 cm³/mol. The Hall–Kier alpha value is -1.11. The topological polar surface area (TPSA) is 92.8 Å². The van der Waals surface area contributed by atoms with Gasteiger partial charge in [0.2, 0.25) is 0 Å². The molecule has 0 spiro atoms. The average Bonchev–Trinajstić information content (AvgIpc) is 2.70. The Bertz CT molecular complexity index is 521. The summed E-state index contributed by atoms with van der Waals surface area (Å²) in [5.74, 6) is 0.431. The Labute approximate surface area is 140 Å². The maximum absolute atomic E-state index is 12.9. The lowest BCUT2D eigenvalue weighted by atomic mass is 9.87. The van der Waals surface area contributed by atoms with Crippen LogP contribution < -0.4 is 5.73 Å². The molecule has 23 heavy (non-hydrogen) atoms. The van der Waals surface area contributed by atoms with Gasteiger partial charge in [-0.3, -0.25) is 9.69 Å². The molecule has 1 heterocycles. The second-order valence-electron chi connectivity index (χ2n) is 6.50. The number of rotatable bonds is 11. The highest BCUT2D eigenvalue weighted by atomic mass is 32.2. The van der Waals surface area contributed by atoms with Gasteiger partial charge < -0.3 is 5.73 Å². The maximum Gasteiger partial charge on any atom is 0.257 e. The third-order valence-corrected chi connectivity index (χ3v) is 5.31. The van der Waals surface area contributed by atoms with Gasteiger partial charge in [-0.2, -0.15) is 0 Å². The second kappa shape index (κ2) is 8.66. The van der Waals surface area contributed by atoms with E-state index in [1.807, 2.05) is 0 Å². The standard InChI is InChI=1S/C16H31N3O3S/c1-4-6-10-16(11-7-5-2)14(20)19(15(17)18-16)12-8-9-13-23(3,21)22/h4-13H2,1-3H3,(H2,17,18). The van der Waals surface area contributed by atoms with Crippen LogP contribution in [0.4, 0.5) is 0 Å². The summed E-state index contributed by atoms with van der Waals surface area (Å²) < 4.78 is 22.3. The van der Waals surface area contributed by atoms with E-state index in [1.165, 1.54) is 6.26 Å². The van der Waals surface area contributed by atoms with Gasteiger partial charge in [0.15, 0.2) is 5.96 Å². The van der Waals surface area contributed by atoms with Crippen LogP contribution in [0.3, 0.4) is 0 Å². The highest BCUT2D eigenvalue weighted by molar-refractivity contribution is 7.90.